The fourth-order valence-electron chi connectivity index (χ4n) is 2.33. The van der Waals surface area contributed by atoms with Gasteiger partial charge in [-0.3, -0.25) is 9.59 Å². The van der Waals surface area contributed by atoms with Crippen LogP contribution < -0.4 is 10.1 Å². The predicted molar refractivity (Wildman–Crippen MR) is 97.7 cm³/mol. The summed E-state index contributed by atoms with van der Waals surface area (Å²) in [6.07, 6.45) is 1.37. The lowest BCUT2D eigenvalue weighted by Crippen LogP contribution is -2.45. The van der Waals surface area contributed by atoms with E-state index < -0.39 is 24.5 Å². The van der Waals surface area contributed by atoms with Gasteiger partial charge in [0, 0.05) is 5.56 Å². The van der Waals surface area contributed by atoms with Gasteiger partial charge in [-0.15, -0.1) is 0 Å². The first-order chi connectivity index (χ1) is 12.9. The van der Waals surface area contributed by atoms with E-state index in [0.717, 1.165) is 0 Å². The number of rotatable bonds is 9. The van der Waals surface area contributed by atoms with Crippen LogP contribution in [0.15, 0.2) is 47.1 Å². The van der Waals surface area contributed by atoms with Crippen molar-refractivity contribution in [3.8, 4) is 5.75 Å². The van der Waals surface area contributed by atoms with Crippen LogP contribution in [0.2, 0.25) is 0 Å². The molecule has 2 aromatic rings. The third kappa shape index (κ3) is 5.70. The maximum atomic E-state index is 12.3. The van der Waals surface area contributed by atoms with Crippen LogP contribution in [-0.4, -0.2) is 36.9 Å². The Kier molecular flexibility index (Phi) is 7.16. The van der Waals surface area contributed by atoms with Gasteiger partial charge in [-0.05, 0) is 49.2 Å². The van der Waals surface area contributed by atoms with Crippen molar-refractivity contribution in [3.63, 3.8) is 0 Å². The standard InChI is InChI=1S/C20H23NO6/c1-4-25-15-9-7-14(8-10-15)16(22)12-27-20(24)18(13(2)3)21-19(23)17-6-5-11-26-17/h5-11,13,18H,4,12H2,1-3H3,(H,21,23)/t18-/m0/s1. The quantitative estimate of drug-likeness (QED) is 0.536. The molecule has 2 rings (SSSR count). The summed E-state index contributed by atoms with van der Waals surface area (Å²) in [5.41, 5.74) is 0.409. The SMILES string of the molecule is CCOc1ccc(C(=O)COC(=O)[C@@H](NC(=O)c2ccco2)C(C)C)cc1. The Balaban J connectivity index is 1.92. The Morgan fingerprint density at radius 1 is 1.11 bits per heavy atom. The van der Waals surface area contributed by atoms with Crippen LogP contribution in [0, 0.1) is 5.92 Å². The number of ether oxygens (including phenoxy) is 2. The molecule has 0 bridgehead atoms. The number of Topliss-reactive ketones (excluding diaryl/α,β-unsaturated/α-hetero) is 1. The molecule has 0 saturated carbocycles. The molecule has 0 spiro atoms. The van der Waals surface area contributed by atoms with E-state index in [9.17, 15) is 14.4 Å². The largest absolute Gasteiger partial charge is 0.494 e. The molecule has 144 valence electrons. The molecule has 0 radical (unpaired) electrons. The minimum atomic E-state index is -0.893. The average Bonchev–Trinajstić information content (AvgIpc) is 3.19. The second kappa shape index (κ2) is 9.56. The van der Waals surface area contributed by atoms with Crippen LogP contribution in [0.25, 0.3) is 0 Å². The number of hydrogen-bond donors (Lipinski definition) is 1. The second-order valence-corrected chi connectivity index (χ2v) is 6.16. The van der Waals surface area contributed by atoms with E-state index in [2.05, 4.69) is 5.32 Å². The van der Waals surface area contributed by atoms with E-state index in [1.165, 1.54) is 12.3 Å². The van der Waals surface area contributed by atoms with Gasteiger partial charge in [0.1, 0.15) is 11.8 Å². The number of carbonyl (C=O) groups is 3. The summed E-state index contributed by atoms with van der Waals surface area (Å²) in [5, 5.41) is 2.57. The number of carbonyl (C=O) groups excluding carboxylic acids is 3. The van der Waals surface area contributed by atoms with Crippen molar-refractivity contribution in [1.82, 2.24) is 5.32 Å². The fourth-order valence-corrected chi connectivity index (χ4v) is 2.33. The molecule has 0 aliphatic rings. The summed E-state index contributed by atoms with van der Waals surface area (Å²) in [6, 6.07) is 8.76. The molecule has 1 N–H and O–H groups in total. The maximum Gasteiger partial charge on any atom is 0.329 e. The fraction of sp³-hybridized carbons (Fsp3) is 0.350. The van der Waals surface area contributed by atoms with Crippen molar-refractivity contribution in [2.75, 3.05) is 13.2 Å². The first kappa shape index (κ1) is 20.2. The molecular weight excluding hydrogens is 350 g/mol. The lowest BCUT2D eigenvalue weighted by molar-refractivity contribution is -0.145. The Labute approximate surface area is 157 Å². The molecule has 0 aliphatic heterocycles. The Morgan fingerprint density at radius 3 is 2.37 bits per heavy atom. The van der Waals surface area contributed by atoms with Gasteiger partial charge in [0.2, 0.25) is 0 Å². The molecule has 0 fully saturated rings. The van der Waals surface area contributed by atoms with Gasteiger partial charge in [0.25, 0.3) is 5.91 Å². The summed E-state index contributed by atoms with van der Waals surface area (Å²) in [4.78, 5) is 36.6. The van der Waals surface area contributed by atoms with Gasteiger partial charge in [-0.25, -0.2) is 4.79 Å². The number of ketones is 1. The van der Waals surface area contributed by atoms with Crippen LogP contribution in [-0.2, 0) is 9.53 Å². The molecule has 7 nitrogen and oxygen atoms in total. The third-order valence-corrected chi connectivity index (χ3v) is 3.78. The van der Waals surface area contributed by atoms with Crippen molar-refractivity contribution in [2.24, 2.45) is 5.92 Å². The number of benzene rings is 1. The van der Waals surface area contributed by atoms with Gasteiger partial charge >= 0.3 is 5.97 Å². The van der Waals surface area contributed by atoms with Crippen molar-refractivity contribution in [1.29, 1.82) is 0 Å². The highest BCUT2D eigenvalue weighted by Crippen LogP contribution is 2.13. The molecule has 0 saturated heterocycles. The highest BCUT2D eigenvalue weighted by Gasteiger charge is 2.27. The number of amides is 1. The van der Waals surface area contributed by atoms with Gasteiger partial charge in [0.15, 0.2) is 18.2 Å². The Morgan fingerprint density at radius 2 is 1.81 bits per heavy atom. The van der Waals surface area contributed by atoms with E-state index in [1.807, 2.05) is 6.92 Å². The summed E-state index contributed by atoms with van der Waals surface area (Å²) in [7, 11) is 0. The number of hydrogen-bond acceptors (Lipinski definition) is 6. The minimum Gasteiger partial charge on any atom is -0.494 e. The van der Waals surface area contributed by atoms with E-state index >= 15 is 0 Å². The molecule has 27 heavy (non-hydrogen) atoms. The molecule has 1 aromatic heterocycles. The van der Waals surface area contributed by atoms with Crippen molar-refractivity contribution in [3.05, 3.63) is 54.0 Å². The molecule has 0 unspecified atom stereocenters. The molecule has 1 aromatic carbocycles. The van der Waals surface area contributed by atoms with Gasteiger partial charge in [0.05, 0.1) is 12.9 Å². The Bertz CT molecular complexity index is 764. The van der Waals surface area contributed by atoms with Crippen molar-refractivity contribution < 1.29 is 28.3 Å². The van der Waals surface area contributed by atoms with Crippen LogP contribution in [0.3, 0.4) is 0 Å². The second-order valence-electron chi connectivity index (χ2n) is 6.16. The number of esters is 1. The lowest BCUT2D eigenvalue weighted by Gasteiger charge is -2.20. The first-order valence-corrected chi connectivity index (χ1v) is 8.69. The van der Waals surface area contributed by atoms with Crippen LogP contribution >= 0.6 is 0 Å². The molecule has 0 aliphatic carbocycles. The molecular formula is C20H23NO6. The average molecular weight is 373 g/mol. The molecule has 1 atom stereocenters. The van der Waals surface area contributed by atoms with E-state index in [4.69, 9.17) is 13.9 Å². The molecule has 1 heterocycles. The summed E-state index contributed by atoms with van der Waals surface area (Å²) >= 11 is 0. The summed E-state index contributed by atoms with van der Waals surface area (Å²) in [6.45, 7) is 5.53. The zero-order valence-electron chi connectivity index (χ0n) is 15.6. The smallest absolute Gasteiger partial charge is 0.329 e. The number of furan rings is 1. The molecule has 1 amide bonds. The van der Waals surface area contributed by atoms with Crippen LogP contribution in [0.1, 0.15) is 41.7 Å². The Hall–Kier alpha value is -3.09. The summed E-state index contributed by atoms with van der Waals surface area (Å²) < 4.78 is 15.4. The first-order valence-electron chi connectivity index (χ1n) is 8.69. The van der Waals surface area contributed by atoms with E-state index in [0.29, 0.717) is 17.9 Å². The monoisotopic (exact) mass is 373 g/mol. The maximum absolute atomic E-state index is 12.3. The van der Waals surface area contributed by atoms with Crippen molar-refractivity contribution in [2.45, 2.75) is 26.8 Å². The van der Waals surface area contributed by atoms with Crippen molar-refractivity contribution >= 4 is 17.7 Å². The highest BCUT2D eigenvalue weighted by molar-refractivity contribution is 5.99. The highest BCUT2D eigenvalue weighted by atomic mass is 16.5. The zero-order chi connectivity index (χ0) is 19.8. The van der Waals surface area contributed by atoms with Crippen LogP contribution in [0.5, 0.6) is 5.75 Å². The van der Waals surface area contributed by atoms with E-state index in [-0.39, 0.29) is 17.5 Å². The van der Waals surface area contributed by atoms with Gasteiger partial charge < -0.3 is 19.2 Å². The zero-order valence-corrected chi connectivity index (χ0v) is 15.6. The van der Waals surface area contributed by atoms with E-state index in [1.54, 1.807) is 44.2 Å². The topological polar surface area (TPSA) is 94.8 Å². The minimum absolute atomic E-state index is 0.0962. The predicted octanol–water partition coefficient (Wildman–Crippen LogP) is 2.86. The number of nitrogens with one attached hydrogen (secondary N) is 1. The lowest BCUT2D eigenvalue weighted by atomic mass is 10.0. The molecule has 7 heteroatoms. The summed E-state index contributed by atoms with van der Waals surface area (Å²) in [5.74, 6) is -1.01. The third-order valence-electron chi connectivity index (χ3n) is 3.78. The normalized spacial score (nSPS) is 11.7. The van der Waals surface area contributed by atoms with Gasteiger partial charge in [-0.1, -0.05) is 13.8 Å². The van der Waals surface area contributed by atoms with Gasteiger partial charge in [-0.2, -0.15) is 0 Å². The van der Waals surface area contributed by atoms with Crippen LogP contribution in [0.4, 0.5) is 0 Å².